The van der Waals surface area contributed by atoms with Gasteiger partial charge in [-0.1, -0.05) is 12.1 Å². The zero-order valence-electron chi connectivity index (χ0n) is 11.4. The average molecular weight is 297 g/mol. The Morgan fingerprint density at radius 2 is 1.80 bits per heavy atom. The number of benzene rings is 1. The smallest absolute Gasteiger partial charge is 0.335 e. The zero-order chi connectivity index (χ0) is 14.8. The molecule has 1 aliphatic heterocycles. The van der Waals surface area contributed by atoms with Gasteiger partial charge >= 0.3 is 5.97 Å². The Morgan fingerprint density at radius 1 is 1.25 bits per heavy atom. The molecule has 1 aliphatic rings. The largest absolute Gasteiger partial charge is 0.478 e. The van der Waals surface area contributed by atoms with Gasteiger partial charge in [0.05, 0.1) is 11.8 Å². The molecular weight excluding hydrogens is 278 g/mol. The Hall–Kier alpha value is -1.40. The molecule has 0 amide bonds. The molecule has 0 saturated carbocycles. The van der Waals surface area contributed by atoms with Gasteiger partial charge < -0.3 is 5.11 Å². The van der Waals surface area contributed by atoms with Crippen molar-refractivity contribution in [1.29, 1.82) is 0 Å². The van der Waals surface area contributed by atoms with E-state index in [0.29, 0.717) is 24.6 Å². The number of carboxylic acid groups (broad SMARTS) is 1. The summed E-state index contributed by atoms with van der Waals surface area (Å²) in [5.74, 6) is -0.457. The van der Waals surface area contributed by atoms with Gasteiger partial charge in [0.2, 0.25) is 10.0 Å². The molecule has 0 aromatic heterocycles. The first-order valence-corrected chi connectivity index (χ1v) is 8.48. The number of carboxylic acids is 1. The van der Waals surface area contributed by atoms with Crippen LogP contribution in [0.4, 0.5) is 0 Å². The molecular formula is C14H19NO4S. The highest BCUT2D eigenvalue weighted by molar-refractivity contribution is 7.88. The van der Waals surface area contributed by atoms with Gasteiger partial charge in [0.15, 0.2) is 0 Å². The number of hydrogen-bond acceptors (Lipinski definition) is 3. The second kappa shape index (κ2) is 5.93. The van der Waals surface area contributed by atoms with E-state index in [0.717, 1.165) is 24.8 Å². The highest BCUT2D eigenvalue weighted by Gasteiger charge is 2.24. The quantitative estimate of drug-likeness (QED) is 0.916. The summed E-state index contributed by atoms with van der Waals surface area (Å²) in [6, 6.07) is 6.91. The Labute approximate surface area is 119 Å². The summed E-state index contributed by atoms with van der Waals surface area (Å²) < 4.78 is 24.4. The Balaban J connectivity index is 1.91. The van der Waals surface area contributed by atoms with Crippen molar-refractivity contribution in [3.8, 4) is 0 Å². The second-order valence-electron chi connectivity index (χ2n) is 5.31. The fraction of sp³-hybridized carbons (Fsp3) is 0.500. The van der Waals surface area contributed by atoms with E-state index in [1.165, 1.54) is 10.6 Å². The average Bonchev–Trinajstić information content (AvgIpc) is 2.39. The van der Waals surface area contributed by atoms with E-state index in [1.54, 1.807) is 12.1 Å². The summed E-state index contributed by atoms with van der Waals surface area (Å²) in [5.41, 5.74) is 1.40. The van der Waals surface area contributed by atoms with Crippen LogP contribution in [0.15, 0.2) is 24.3 Å². The Kier molecular flexibility index (Phi) is 4.45. The molecule has 1 heterocycles. The lowest BCUT2D eigenvalue weighted by atomic mass is 9.91. The van der Waals surface area contributed by atoms with Gasteiger partial charge in [-0.25, -0.2) is 17.5 Å². The van der Waals surface area contributed by atoms with Gasteiger partial charge in [-0.3, -0.25) is 0 Å². The maximum atomic E-state index is 11.4. The number of hydrogen-bond donors (Lipinski definition) is 1. The van der Waals surface area contributed by atoms with Gasteiger partial charge in [-0.15, -0.1) is 0 Å². The molecule has 20 heavy (non-hydrogen) atoms. The second-order valence-corrected chi connectivity index (χ2v) is 7.29. The number of piperidine rings is 1. The molecule has 0 atom stereocenters. The third-order valence-corrected chi connectivity index (χ3v) is 5.07. The van der Waals surface area contributed by atoms with Crippen molar-refractivity contribution in [3.05, 3.63) is 35.4 Å². The molecule has 0 spiro atoms. The van der Waals surface area contributed by atoms with Gasteiger partial charge in [0.1, 0.15) is 0 Å². The summed E-state index contributed by atoms with van der Waals surface area (Å²) in [6.07, 6.45) is 3.83. The Morgan fingerprint density at radius 3 is 2.25 bits per heavy atom. The molecule has 1 fully saturated rings. The molecule has 2 rings (SSSR count). The topological polar surface area (TPSA) is 74.7 Å². The van der Waals surface area contributed by atoms with Crippen LogP contribution < -0.4 is 0 Å². The van der Waals surface area contributed by atoms with E-state index in [4.69, 9.17) is 5.11 Å². The lowest BCUT2D eigenvalue weighted by Gasteiger charge is -2.30. The zero-order valence-corrected chi connectivity index (χ0v) is 12.3. The van der Waals surface area contributed by atoms with Gasteiger partial charge in [0.25, 0.3) is 0 Å². The van der Waals surface area contributed by atoms with Gasteiger partial charge in [-0.05, 0) is 42.9 Å². The minimum atomic E-state index is -3.07. The van der Waals surface area contributed by atoms with Crippen molar-refractivity contribution in [2.45, 2.75) is 19.3 Å². The molecule has 1 N–H and O–H groups in total. The van der Waals surface area contributed by atoms with Crippen LogP contribution in [0.5, 0.6) is 0 Å². The number of carbonyl (C=O) groups is 1. The standard InChI is InChI=1S/C14H19NO4S/c1-20(18,19)15-8-6-12(7-9-15)10-11-2-4-13(5-3-11)14(16)17/h2-5,12H,6-10H2,1H3,(H,16,17). The first-order valence-electron chi connectivity index (χ1n) is 6.63. The van der Waals surface area contributed by atoms with Crippen LogP contribution in [0.2, 0.25) is 0 Å². The van der Waals surface area contributed by atoms with E-state index in [1.807, 2.05) is 12.1 Å². The molecule has 1 saturated heterocycles. The molecule has 0 radical (unpaired) electrons. The molecule has 0 aliphatic carbocycles. The summed E-state index contributed by atoms with van der Waals surface area (Å²) >= 11 is 0. The first kappa shape index (κ1) is 15.0. The van der Waals surface area contributed by atoms with Crippen molar-refractivity contribution in [2.75, 3.05) is 19.3 Å². The van der Waals surface area contributed by atoms with E-state index < -0.39 is 16.0 Å². The predicted octanol–water partition coefficient (Wildman–Crippen LogP) is 1.60. The number of rotatable bonds is 4. The van der Waals surface area contributed by atoms with E-state index in [-0.39, 0.29) is 0 Å². The summed E-state index contributed by atoms with van der Waals surface area (Å²) in [7, 11) is -3.07. The fourth-order valence-electron chi connectivity index (χ4n) is 2.56. The highest BCUT2D eigenvalue weighted by atomic mass is 32.2. The highest BCUT2D eigenvalue weighted by Crippen LogP contribution is 2.23. The molecule has 1 aromatic rings. The first-order chi connectivity index (χ1) is 9.36. The van der Waals surface area contributed by atoms with Crippen molar-refractivity contribution < 1.29 is 18.3 Å². The van der Waals surface area contributed by atoms with Crippen LogP contribution >= 0.6 is 0 Å². The van der Waals surface area contributed by atoms with Crippen LogP contribution in [-0.2, 0) is 16.4 Å². The Bertz CT molecular complexity index is 572. The maximum absolute atomic E-state index is 11.4. The van der Waals surface area contributed by atoms with Crippen LogP contribution in [0.1, 0.15) is 28.8 Å². The monoisotopic (exact) mass is 297 g/mol. The minimum Gasteiger partial charge on any atom is -0.478 e. The van der Waals surface area contributed by atoms with Crippen LogP contribution in [-0.4, -0.2) is 43.1 Å². The lowest BCUT2D eigenvalue weighted by molar-refractivity contribution is 0.0697. The normalized spacial score (nSPS) is 18.1. The van der Waals surface area contributed by atoms with Gasteiger partial charge in [0, 0.05) is 13.1 Å². The minimum absolute atomic E-state index is 0.292. The van der Waals surface area contributed by atoms with Crippen LogP contribution in [0.3, 0.4) is 0 Å². The maximum Gasteiger partial charge on any atom is 0.335 e. The molecule has 6 heteroatoms. The summed E-state index contributed by atoms with van der Waals surface area (Å²) in [5, 5.41) is 8.84. The molecule has 1 aromatic carbocycles. The molecule has 0 unspecified atom stereocenters. The van der Waals surface area contributed by atoms with Crippen molar-refractivity contribution in [3.63, 3.8) is 0 Å². The van der Waals surface area contributed by atoms with E-state index in [2.05, 4.69) is 0 Å². The van der Waals surface area contributed by atoms with E-state index >= 15 is 0 Å². The summed E-state index contributed by atoms with van der Waals surface area (Å²) in [6.45, 7) is 1.16. The van der Waals surface area contributed by atoms with Crippen molar-refractivity contribution in [2.24, 2.45) is 5.92 Å². The van der Waals surface area contributed by atoms with Crippen molar-refractivity contribution in [1.82, 2.24) is 4.31 Å². The number of aromatic carboxylic acids is 1. The predicted molar refractivity (Wildman–Crippen MR) is 76.2 cm³/mol. The molecule has 110 valence electrons. The summed E-state index contributed by atoms with van der Waals surface area (Å²) in [4.78, 5) is 10.8. The van der Waals surface area contributed by atoms with Gasteiger partial charge in [-0.2, -0.15) is 0 Å². The number of sulfonamides is 1. The molecule has 0 bridgehead atoms. The number of nitrogens with zero attached hydrogens (tertiary/aromatic N) is 1. The third-order valence-electron chi connectivity index (χ3n) is 3.77. The van der Waals surface area contributed by atoms with Crippen LogP contribution in [0.25, 0.3) is 0 Å². The SMILES string of the molecule is CS(=O)(=O)N1CCC(Cc2ccc(C(=O)O)cc2)CC1. The molecule has 5 nitrogen and oxygen atoms in total. The fourth-order valence-corrected chi connectivity index (χ4v) is 3.44. The van der Waals surface area contributed by atoms with Crippen molar-refractivity contribution >= 4 is 16.0 Å². The lowest BCUT2D eigenvalue weighted by Crippen LogP contribution is -2.38. The third kappa shape index (κ3) is 3.80. The van der Waals surface area contributed by atoms with E-state index in [9.17, 15) is 13.2 Å². The van der Waals surface area contributed by atoms with Crippen LogP contribution in [0, 0.1) is 5.92 Å².